The van der Waals surface area contributed by atoms with Gasteiger partial charge in [-0.05, 0) is 107 Å². The molecule has 6 nitrogen and oxygen atoms in total. The average Bonchev–Trinajstić information content (AvgIpc) is 3.82. The number of carbonyl (C=O) groups is 1. The predicted octanol–water partition coefficient (Wildman–Crippen LogP) is 7.32. The first-order valence-corrected chi connectivity index (χ1v) is 16.7. The summed E-state index contributed by atoms with van der Waals surface area (Å²) in [6.07, 6.45) is 7.69. The van der Waals surface area contributed by atoms with Crippen molar-refractivity contribution >= 4 is 42.2 Å². The zero-order valence-corrected chi connectivity index (χ0v) is 27.0. The molecule has 5 aromatic carbocycles. The summed E-state index contributed by atoms with van der Waals surface area (Å²) in [5.74, 6) is 0.852. The standard InChI is InChI=1S/C43H35N3O3/c1-29-38(43(48)46(44-29)35-20-22-36(23-21-35)49-28-47)26-31-17-24-42-40(27-31)37-13-8-14-41(37)45(42)34-18-15-30(16-19-34)25-39(32-9-4-2-5-10-32)33-11-6-3-7-12-33/h2-7,9-12,15-28,37,41,44H,1,8,13-14H2/b38-26-. The highest BCUT2D eigenvalue weighted by Crippen LogP contribution is 2.52. The van der Waals surface area contributed by atoms with Gasteiger partial charge in [-0.1, -0.05) is 91.9 Å². The number of nitrogens with one attached hydrogen (secondary N) is 1. The molecular formula is C43H35N3O3. The zero-order chi connectivity index (χ0) is 33.3. The Labute approximate surface area is 284 Å². The number of carbonyl (C=O) groups excluding carboxylic acids is 1. The molecule has 2 heterocycles. The van der Waals surface area contributed by atoms with Crippen molar-refractivity contribution in [2.75, 3.05) is 4.90 Å². The van der Waals surface area contributed by atoms with E-state index in [0.29, 0.717) is 40.4 Å². The molecule has 0 bridgehead atoms. The summed E-state index contributed by atoms with van der Waals surface area (Å²) >= 11 is 0. The number of rotatable bonds is 8. The third-order valence-electron chi connectivity index (χ3n) is 9.77. The molecule has 2 aliphatic rings. The van der Waals surface area contributed by atoms with Crippen LogP contribution in [0.4, 0.5) is 11.4 Å². The highest BCUT2D eigenvalue weighted by atomic mass is 16.5. The fraction of sp³-hybridized carbons (Fsp3) is 0.116. The van der Waals surface area contributed by atoms with Crippen molar-refractivity contribution in [3.63, 3.8) is 0 Å². The number of H-pyrrole nitrogens is 1. The minimum Gasteiger partial charge on any atom is -0.429 e. The minimum absolute atomic E-state index is 0.188. The van der Waals surface area contributed by atoms with Gasteiger partial charge in [-0.2, -0.15) is 0 Å². The molecule has 1 aliphatic heterocycles. The van der Waals surface area contributed by atoms with Gasteiger partial charge in [0, 0.05) is 23.3 Å². The van der Waals surface area contributed by atoms with Gasteiger partial charge >= 0.3 is 0 Å². The molecule has 49 heavy (non-hydrogen) atoms. The molecule has 2 atom stereocenters. The maximum Gasteiger partial charge on any atom is 0.298 e. The van der Waals surface area contributed by atoms with E-state index in [-0.39, 0.29) is 5.56 Å². The first-order valence-electron chi connectivity index (χ1n) is 16.7. The number of hydrogen-bond acceptors (Lipinski definition) is 4. The average molecular weight is 642 g/mol. The summed E-state index contributed by atoms with van der Waals surface area (Å²) < 4.78 is 6.34. The van der Waals surface area contributed by atoms with Crippen molar-refractivity contribution in [2.45, 2.75) is 31.2 Å². The van der Waals surface area contributed by atoms with Crippen molar-refractivity contribution in [1.82, 2.24) is 9.78 Å². The fourth-order valence-electron chi connectivity index (χ4n) is 7.49. The lowest BCUT2D eigenvalue weighted by atomic mass is 9.95. The van der Waals surface area contributed by atoms with Crippen LogP contribution >= 0.6 is 0 Å². The molecule has 6 heteroatoms. The van der Waals surface area contributed by atoms with Crippen LogP contribution in [-0.4, -0.2) is 22.3 Å². The van der Waals surface area contributed by atoms with Crippen LogP contribution in [-0.2, 0) is 4.79 Å². The van der Waals surface area contributed by atoms with Gasteiger partial charge in [0.25, 0.3) is 12.0 Å². The number of hydrogen-bond donors (Lipinski definition) is 1. The van der Waals surface area contributed by atoms with Gasteiger partial charge in [-0.15, -0.1) is 0 Å². The van der Waals surface area contributed by atoms with Crippen LogP contribution < -0.4 is 25.8 Å². The van der Waals surface area contributed by atoms with Crippen LogP contribution in [0.15, 0.2) is 132 Å². The van der Waals surface area contributed by atoms with Crippen LogP contribution in [0.2, 0.25) is 0 Å². The van der Waals surface area contributed by atoms with E-state index < -0.39 is 0 Å². The van der Waals surface area contributed by atoms with Crippen molar-refractivity contribution in [1.29, 1.82) is 0 Å². The first kappa shape index (κ1) is 30.2. The van der Waals surface area contributed by atoms with Gasteiger partial charge < -0.3 is 9.64 Å². The summed E-state index contributed by atoms with van der Waals surface area (Å²) in [6.45, 7) is 4.49. The van der Waals surface area contributed by atoms with Crippen molar-refractivity contribution in [3.8, 4) is 11.4 Å². The molecule has 0 spiro atoms. The quantitative estimate of drug-likeness (QED) is 0.140. The van der Waals surface area contributed by atoms with Gasteiger partial charge in [0.1, 0.15) is 5.75 Å². The monoisotopic (exact) mass is 641 g/mol. The smallest absolute Gasteiger partial charge is 0.298 e. The molecule has 6 aromatic rings. The van der Waals surface area contributed by atoms with Crippen LogP contribution in [0, 0.1) is 0 Å². The van der Waals surface area contributed by atoms with E-state index in [1.807, 2.05) is 6.08 Å². The number of aromatic nitrogens is 2. The van der Waals surface area contributed by atoms with Crippen LogP contribution in [0.5, 0.6) is 5.75 Å². The lowest BCUT2D eigenvalue weighted by molar-refractivity contribution is -0.120. The van der Waals surface area contributed by atoms with Gasteiger partial charge in [-0.25, -0.2) is 4.68 Å². The lowest BCUT2D eigenvalue weighted by Crippen LogP contribution is -2.33. The second kappa shape index (κ2) is 12.8. The Bertz CT molecular complexity index is 2300. The number of benzene rings is 5. The highest BCUT2D eigenvalue weighted by Gasteiger charge is 2.42. The molecular weight excluding hydrogens is 606 g/mol. The van der Waals surface area contributed by atoms with Crippen molar-refractivity contribution in [3.05, 3.63) is 176 Å². The van der Waals surface area contributed by atoms with Crippen LogP contribution in [0.1, 0.15) is 53.0 Å². The number of ether oxygens (including phenoxy) is 1. The van der Waals surface area contributed by atoms with E-state index in [9.17, 15) is 9.59 Å². The van der Waals surface area contributed by atoms with E-state index in [1.54, 1.807) is 24.3 Å². The molecule has 1 saturated carbocycles. The molecule has 0 amide bonds. The van der Waals surface area contributed by atoms with Gasteiger partial charge in [-0.3, -0.25) is 14.7 Å². The van der Waals surface area contributed by atoms with E-state index in [2.05, 4.69) is 126 Å². The number of aromatic amines is 1. The Balaban J connectivity index is 1.11. The third kappa shape index (κ3) is 5.72. The van der Waals surface area contributed by atoms with E-state index in [0.717, 1.165) is 24.0 Å². The van der Waals surface area contributed by atoms with Crippen molar-refractivity contribution < 1.29 is 9.53 Å². The molecule has 240 valence electrons. The van der Waals surface area contributed by atoms with Gasteiger partial charge in [0.2, 0.25) is 0 Å². The summed E-state index contributed by atoms with van der Waals surface area (Å²) in [5, 5.41) is 4.14. The molecule has 1 N–H and O–H groups in total. The minimum atomic E-state index is -0.188. The van der Waals surface area contributed by atoms with E-state index >= 15 is 0 Å². The molecule has 0 radical (unpaired) electrons. The SMILES string of the molecule is C=c1[nH]n(-c2ccc(OC=O)cc2)c(=O)/c1=C\c1ccc2c(c1)C1CCCC1N2c1ccc(C=C(c2ccccc2)c2ccccc2)cc1. The second-order valence-electron chi connectivity index (χ2n) is 12.7. The van der Waals surface area contributed by atoms with Crippen LogP contribution in [0.3, 0.4) is 0 Å². The molecule has 0 saturated heterocycles. The number of nitrogens with zero attached hydrogens (tertiary/aromatic N) is 2. The Morgan fingerprint density at radius 1 is 0.776 bits per heavy atom. The Morgan fingerprint density at radius 3 is 2.10 bits per heavy atom. The Morgan fingerprint density at radius 2 is 1.43 bits per heavy atom. The van der Waals surface area contributed by atoms with E-state index in [1.165, 1.54) is 44.7 Å². The van der Waals surface area contributed by atoms with Crippen LogP contribution in [0.25, 0.3) is 30.0 Å². The number of fused-ring (bicyclic) bond motifs is 3. The number of anilines is 2. The highest BCUT2D eigenvalue weighted by molar-refractivity contribution is 5.91. The maximum atomic E-state index is 13.5. The molecule has 1 fully saturated rings. The first-order chi connectivity index (χ1) is 24.1. The van der Waals surface area contributed by atoms with Gasteiger partial charge in [0.05, 0.1) is 16.3 Å². The molecule has 1 aromatic heterocycles. The second-order valence-corrected chi connectivity index (χ2v) is 12.7. The normalized spacial score (nSPS) is 16.7. The fourth-order valence-corrected chi connectivity index (χ4v) is 7.49. The van der Waals surface area contributed by atoms with Crippen molar-refractivity contribution in [2.24, 2.45) is 0 Å². The summed E-state index contributed by atoms with van der Waals surface area (Å²) in [5.41, 5.74) is 9.93. The zero-order valence-electron chi connectivity index (χ0n) is 27.0. The Hall–Kier alpha value is -6.14. The summed E-state index contributed by atoms with van der Waals surface area (Å²) in [7, 11) is 0. The third-order valence-corrected chi connectivity index (χ3v) is 9.77. The van der Waals surface area contributed by atoms with Gasteiger partial charge in [0.15, 0.2) is 0 Å². The topological polar surface area (TPSA) is 67.3 Å². The summed E-state index contributed by atoms with van der Waals surface area (Å²) in [4.78, 5) is 26.6. The molecule has 1 aliphatic carbocycles. The largest absolute Gasteiger partial charge is 0.429 e. The molecule has 8 rings (SSSR count). The molecule has 2 unspecified atom stereocenters. The lowest BCUT2D eigenvalue weighted by Gasteiger charge is -2.27. The van der Waals surface area contributed by atoms with E-state index in [4.69, 9.17) is 4.74 Å². The summed E-state index contributed by atoms with van der Waals surface area (Å²) in [6, 6.07) is 43.7. The predicted molar refractivity (Wildman–Crippen MR) is 197 cm³/mol. The Kier molecular flexibility index (Phi) is 7.90. The maximum absolute atomic E-state index is 13.5.